The number of fused-ring (bicyclic) bond motifs is 7. The minimum absolute atomic E-state index is 0. The first-order chi connectivity index (χ1) is 29.1. The Kier molecular flexibility index (Phi) is 9.26. The molecule has 0 bridgehead atoms. The number of para-hydroxylation sites is 2. The molecule has 6 aromatic carbocycles. The molecule has 0 spiro atoms. The van der Waals surface area contributed by atoms with Crippen LogP contribution in [0.25, 0.3) is 49.9 Å². The molecule has 0 radical (unpaired) electrons. The van der Waals surface area contributed by atoms with Gasteiger partial charge in [0, 0.05) is 90.3 Å². The van der Waals surface area contributed by atoms with Crippen LogP contribution in [0.1, 0.15) is 51.3 Å². The van der Waals surface area contributed by atoms with Crippen molar-refractivity contribution in [3.05, 3.63) is 194 Å². The third-order valence-electron chi connectivity index (χ3n) is 12.2. The number of ether oxygens (including phenoxy) is 1. The monoisotopic (exact) mass is 971 g/mol. The molecule has 0 saturated carbocycles. The summed E-state index contributed by atoms with van der Waals surface area (Å²) in [4.78, 5) is 13.9. The molecule has 3 aromatic heterocycles. The molecule has 1 aliphatic heterocycles. The smallest absolute Gasteiger partial charge is 0.135 e. The molecule has 0 saturated heterocycles. The van der Waals surface area contributed by atoms with Crippen LogP contribution in [0.5, 0.6) is 11.5 Å². The summed E-state index contributed by atoms with van der Waals surface area (Å²) in [5, 5.41) is 2.06. The largest absolute Gasteiger partial charge is 0.509 e. The molecule has 9 aromatic rings. The number of benzene rings is 6. The second-order valence-electron chi connectivity index (χ2n) is 17.2. The van der Waals surface area contributed by atoms with E-state index in [9.17, 15) is 0 Å². The summed E-state index contributed by atoms with van der Waals surface area (Å²) >= 11 is 0. The normalized spacial score (nSPS) is 13.9. The molecular formula is C54H42N5OPt-3. The number of pyridine rings is 2. The quantitative estimate of drug-likeness (QED) is 0.155. The zero-order valence-electron chi connectivity index (χ0n) is 34.5. The van der Waals surface area contributed by atoms with Gasteiger partial charge in [-0.05, 0) is 69.0 Å². The number of nitrogens with zero attached hydrogens (tertiary/aromatic N) is 5. The number of rotatable bonds is 6. The third kappa shape index (κ3) is 6.27. The Morgan fingerprint density at radius 2 is 1.41 bits per heavy atom. The van der Waals surface area contributed by atoms with Crippen LogP contribution in [0.4, 0.5) is 22.7 Å². The van der Waals surface area contributed by atoms with Gasteiger partial charge in [0.25, 0.3) is 0 Å². The second-order valence-corrected chi connectivity index (χ2v) is 17.2. The van der Waals surface area contributed by atoms with E-state index in [1.165, 1.54) is 38.9 Å². The van der Waals surface area contributed by atoms with Gasteiger partial charge in [-0.2, -0.15) is 12.1 Å². The first kappa shape index (κ1) is 38.7. The van der Waals surface area contributed by atoms with Crippen molar-refractivity contribution in [3.8, 4) is 39.6 Å². The van der Waals surface area contributed by atoms with Crippen molar-refractivity contribution in [1.82, 2.24) is 14.5 Å². The Hall–Kier alpha value is -6.49. The summed E-state index contributed by atoms with van der Waals surface area (Å²) in [6, 6.07) is 56.5. The van der Waals surface area contributed by atoms with Crippen LogP contribution in [0.15, 0.2) is 158 Å². The summed E-state index contributed by atoms with van der Waals surface area (Å²) in [5.41, 5.74) is 14.6. The van der Waals surface area contributed by atoms with E-state index in [0.29, 0.717) is 11.5 Å². The molecular weight excluding hydrogens is 930 g/mol. The molecule has 0 amide bonds. The van der Waals surface area contributed by atoms with Crippen LogP contribution >= 0.6 is 0 Å². The van der Waals surface area contributed by atoms with E-state index < -0.39 is 0 Å². The zero-order chi connectivity index (χ0) is 40.8. The van der Waals surface area contributed by atoms with Gasteiger partial charge in [0.1, 0.15) is 5.82 Å². The molecule has 1 aliphatic carbocycles. The number of aromatic nitrogens is 3. The second kappa shape index (κ2) is 14.6. The van der Waals surface area contributed by atoms with Crippen molar-refractivity contribution in [1.29, 1.82) is 0 Å². The molecule has 302 valence electrons. The molecule has 2 aliphatic rings. The molecule has 61 heavy (non-hydrogen) atoms. The van der Waals surface area contributed by atoms with E-state index in [4.69, 9.17) is 9.72 Å². The van der Waals surface area contributed by atoms with Crippen LogP contribution in [0.2, 0.25) is 0 Å². The topological polar surface area (TPSA) is 46.4 Å². The SMILES string of the molecule is CC(C)(C)c1ccnc(-n2c3[c-]c(Oc4[c-]c(N5[CH-]N(c6c(-c7ccccc7)ccc7c6-c6ccccc6C7(C)C)c6ccccc65)ccc4)ccc3c3cnccc32)c1.[Pt]. The van der Waals surface area contributed by atoms with Gasteiger partial charge in [0.15, 0.2) is 0 Å². The Morgan fingerprint density at radius 3 is 2.23 bits per heavy atom. The van der Waals surface area contributed by atoms with Crippen molar-refractivity contribution in [3.63, 3.8) is 0 Å². The Bertz CT molecular complexity index is 3150. The molecule has 6 nitrogen and oxygen atoms in total. The standard InChI is InChI=1S/C54H42N5O.Pt/c1-53(2,3)36-26-29-56-50(30-36)59-46-27-28-55-33-43(46)41-23-22-39(32-49(41)59)60-38-17-13-16-37(31-38)57-34-58(48-21-12-11-20-47(48)57)52-40(35-14-7-6-8-15-35)24-25-45-51(52)42-18-9-10-19-44(42)54(45,4)5;/h6-30,33-34H,1-5H3;/q-3;. The molecule has 0 fully saturated rings. The first-order valence-electron chi connectivity index (χ1n) is 20.5. The number of hydrogen-bond acceptors (Lipinski definition) is 5. The van der Waals surface area contributed by atoms with Crippen LogP contribution in [-0.2, 0) is 31.9 Å². The van der Waals surface area contributed by atoms with Crippen molar-refractivity contribution in [2.75, 3.05) is 9.80 Å². The summed E-state index contributed by atoms with van der Waals surface area (Å²) < 4.78 is 8.79. The van der Waals surface area contributed by atoms with Crippen molar-refractivity contribution in [2.45, 2.75) is 45.4 Å². The van der Waals surface area contributed by atoms with Gasteiger partial charge >= 0.3 is 0 Å². The van der Waals surface area contributed by atoms with Crippen LogP contribution in [0, 0.1) is 18.8 Å². The summed E-state index contributed by atoms with van der Waals surface area (Å²) in [6.45, 7) is 13.5. The molecule has 11 rings (SSSR count). The summed E-state index contributed by atoms with van der Waals surface area (Å²) in [6.07, 6.45) is 5.62. The van der Waals surface area contributed by atoms with Crippen LogP contribution in [0.3, 0.4) is 0 Å². The average Bonchev–Trinajstić information content (AvgIpc) is 3.89. The summed E-state index contributed by atoms with van der Waals surface area (Å²) in [7, 11) is 0. The van der Waals surface area contributed by atoms with E-state index >= 15 is 0 Å². The minimum Gasteiger partial charge on any atom is -0.509 e. The van der Waals surface area contributed by atoms with Gasteiger partial charge in [0.05, 0.1) is 0 Å². The van der Waals surface area contributed by atoms with E-state index in [0.717, 1.165) is 50.4 Å². The fraction of sp³-hybridized carbons (Fsp3) is 0.130. The van der Waals surface area contributed by atoms with E-state index in [-0.39, 0.29) is 31.9 Å². The van der Waals surface area contributed by atoms with E-state index in [2.05, 4.69) is 188 Å². The van der Waals surface area contributed by atoms with E-state index in [1.807, 2.05) is 42.9 Å². The molecule has 7 heteroatoms. The molecule has 0 unspecified atom stereocenters. The fourth-order valence-electron chi connectivity index (χ4n) is 9.19. The average molecular weight is 972 g/mol. The number of hydrogen-bond donors (Lipinski definition) is 0. The van der Waals surface area contributed by atoms with Gasteiger partial charge in [-0.3, -0.25) is 4.98 Å². The van der Waals surface area contributed by atoms with E-state index in [1.54, 1.807) is 0 Å². The van der Waals surface area contributed by atoms with Crippen LogP contribution in [-0.4, -0.2) is 14.5 Å². The first-order valence-corrected chi connectivity index (χ1v) is 20.5. The van der Waals surface area contributed by atoms with Crippen molar-refractivity contribution >= 4 is 44.6 Å². The minimum atomic E-state index is -0.146. The maximum absolute atomic E-state index is 6.64. The molecule has 0 N–H and O–H groups in total. The predicted octanol–water partition coefficient (Wildman–Crippen LogP) is 13.6. The molecule has 0 atom stereocenters. The molecule has 4 heterocycles. The Morgan fingerprint density at radius 1 is 0.656 bits per heavy atom. The van der Waals surface area contributed by atoms with Gasteiger partial charge < -0.3 is 19.1 Å². The van der Waals surface area contributed by atoms with Crippen LogP contribution < -0.4 is 14.5 Å². The van der Waals surface area contributed by atoms with Gasteiger partial charge in [-0.25, -0.2) is 4.98 Å². The van der Waals surface area contributed by atoms with Crippen molar-refractivity contribution < 1.29 is 25.8 Å². The number of anilines is 4. The van der Waals surface area contributed by atoms with Crippen molar-refractivity contribution in [2.24, 2.45) is 0 Å². The Balaban J connectivity index is 0.00000445. The van der Waals surface area contributed by atoms with Gasteiger partial charge in [-0.15, -0.1) is 48.1 Å². The third-order valence-corrected chi connectivity index (χ3v) is 12.2. The van der Waals surface area contributed by atoms with Gasteiger partial charge in [0.2, 0.25) is 0 Å². The maximum Gasteiger partial charge on any atom is 0.135 e. The zero-order valence-corrected chi connectivity index (χ0v) is 36.8. The predicted molar refractivity (Wildman–Crippen MR) is 244 cm³/mol. The van der Waals surface area contributed by atoms with Gasteiger partial charge in [-0.1, -0.05) is 119 Å². The Labute approximate surface area is 371 Å². The summed E-state index contributed by atoms with van der Waals surface area (Å²) in [5.74, 6) is 2.00. The maximum atomic E-state index is 6.64. The fourth-order valence-corrected chi connectivity index (χ4v) is 9.19.